The third-order valence-corrected chi connectivity index (χ3v) is 4.57. The Hall–Kier alpha value is -3.67. The molecular formula is C23H22N4O2. The second kappa shape index (κ2) is 8.14. The van der Waals surface area contributed by atoms with E-state index >= 15 is 0 Å². The van der Waals surface area contributed by atoms with Gasteiger partial charge in [0.15, 0.2) is 6.61 Å². The van der Waals surface area contributed by atoms with E-state index in [2.05, 4.69) is 29.4 Å². The smallest absolute Gasteiger partial charge is 0.262 e. The summed E-state index contributed by atoms with van der Waals surface area (Å²) in [5.74, 6) is 0.903. The van der Waals surface area contributed by atoms with E-state index in [4.69, 9.17) is 4.74 Å². The van der Waals surface area contributed by atoms with Gasteiger partial charge in [0.25, 0.3) is 5.91 Å². The molecule has 0 aliphatic carbocycles. The third-order valence-electron chi connectivity index (χ3n) is 4.57. The number of hydrogen-bond acceptors (Lipinski definition) is 4. The molecule has 1 amide bonds. The Kier molecular flexibility index (Phi) is 5.24. The molecule has 0 radical (unpaired) electrons. The fourth-order valence-corrected chi connectivity index (χ4v) is 2.96. The number of aromatic nitrogens is 3. The summed E-state index contributed by atoms with van der Waals surface area (Å²) < 4.78 is 5.58. The number of benzene rings is 3. The molecule has 0 atom stereocenters. The van der Waals surface area contributed by atoms with Crippen molar-refractivity contribution in [2.75, 3.05) is 11.9 Å². The van der Waals surface area contributed by atoms with Crippen molar-refractivity contribution in [1.29, 1.82) is 0 Å². The normalized spacial score (nSPS) is 11.0. The Bertz CT molecular complexity index is 1120. The first-order chi connectivity index (χ1) is 14.1. The summed E-state index contributed by atoms with van der Waals surface area (Å²) in [5, 5.41) is 11.8. The quantitative estimate of drug-likeness (QED) is 0.527. The van der Waals surface area contributed by atoms with Crippen molar-refractivity contribution >= 4 is 22.6 Å². The summed E-state index contributed by atoms with van der Waals surface area (Å²) in [5.41, 5.74) is 4.23. The highest BCUT2D eigenvalue weighted by molar-refractivity contribution is 5.93. The monoisotopic (exact) mass is 386 g/mol. The van der Waals surface area contributed by atoms with Crippen LogP contribution in [0.3, 0.4) is 0 Å². The standard InChI is InChI=1S/C23H22N4O2/c1-16(2)17-8-11-20(12-9-17)29-15-23(28)24-18-10-13-21-22(14-18)26-27(25-21)19-6-4-3-5-7-19/h3-14,16H,15H2,1-2H3,(H,24,28). The van der Waals surface area contributed by atoms with Crippen LogP contribution in [0.1, 0.15) is 25.3 Å². The zero-order valence-corrected chi connectivity index (χ0v) is 16.4. The second-order valence-corrected chi connectivity index (χ2v) is 7.09. The van der Waals surface area contributed by atoms with Crippen molar-refractivity contribution < 1.29 is 9.53 Å². The highest BCUT2D eigenvalue weighted by atomic mass is 16.5. The van der Waals surface area contributed by atoms with Crippen molar-refractivity contribution in [2.45, 2.75) is 19.8 Å². The van der Waals surface area contributed by atoms with Gasteiger partial charge in [-0.3, -0.25) is 4.79 Å². The first kappa shape index (κ1) is 18.7. The number of nitrogens with one attached hydrogen (secondary N) is 1. The van der Waals surface area contributed by atoms with Crippen LogP contribution in [0, 0.1) is 0 Å². The van der Waals surface area contributed by atoms with Crippen LogP contribution in [-0.4, -0.2) is 27.5 Å². The molecule has 1 N–H and O–H groups in total. The summed E-state index contributed by atoms with van der Waals surface area (Å²) in [6.07, 6.45) is 0. The summed E-state index contributed by atoms with van der Waals surface area (Å²) in [4.78, 5) is 13.8. The van der Waals surface area contributed by atoms with Crippen LogP contribution in [0.4, 0.5) is 5.69 Å². The maximum atomic E-state index is 12.2. The first-order valence-corrected chi connectivity index (χ1v) is 9.53. The molecule has 1 aromatic heterocycles. The number of carbonyl (C=O) groups is 1. The minimum absolute atomic E-state index is 0.0598. The van der Waals surface area contributed by atoms with Crippen LogP contribution >= 0.6 is 0 Å². The third kappa shape index (κ3) is 4.43. The van der Waals surface area contributed by atoms with Crippen molar-refractivity contribution in [3.63, 3.8) is 0 Å². The minimum Gasteiger partial charge on any atom is -0.484 e. The Morgan fingerprint density at radius 3 is 2.41 bits per heavy atom. The Labute approximate surface area is 169 Å². The van der Waals surface area contributed by atoms with Crippen LogP contribution in [0.25, 0.3) is 16.7 Å². The highest BCUT2D eigenvalue weighted by Gasteiger charge is 2.08. The summed E-state index contributed by atoms with van der Waals surface area (Å²) >= 11 is 0. The molecule has 146 valence electrons. The largest absolute Gasteiger partial charge is 0.484 e. The van der Waals surface area contributed by atoms with Gasteiger partial charge >= 0.3 is 0 Å². The molecule has 0 aliphatic heterocycles. The maximum absolute atomic E-state index is 12.2. The van der Waals surface area contributed by atoms with Gasteiger partial charge in [-0.15, -0.1) is 10.2 Å². The Balaban J connectivity index is 1.40. The molecule has 0 aliphatic rings. The molecule has 6 heteroatoms. The fourth-order valence-electron chi connectivity index (χ4n) is 2.96. The number of ether oxygens (including phenoxy) is 1. The van der Waals surface area contributed by atoms with Crippen molar-refractivity contribution in [1.82, 2.24) is 15.0 Å². The molecule has 0 spiro atoms. The van der Waals surface area contributed by atoms with Gasteiger partial charge in [-0.25, -0.2) is 0 Å². The van der Waals surface area contributed by atoms with E-state index in [1.54, 1.807) is 10.9 Å². The maximum Gasteiger partial charge on any atom is 0.262 e. The summed E-state index contributed by atoms with van der Waals surface area (Å²) in [6, 6.07) is 22.9. The average Bonchev–Trinajstić information content (AvgIpc) is 3.17. The molecule has 6 nitrogen and oxygen atoms in total. The van der Waals surface area contributed by atoms with Crippen LogP contribution in [0.5, 0.6) is 5.75 Å². The van der Waals surface area contributed by atoms with Gasteiger partial charge in [0.1, 0.15) is 16.8 Å². The molecule has 29 heavy (non-hydrogen) atoms. The molecule has 0 bridgehead atoms. The second-order valence-electron chi connectivity index (χ2n) is 7.09. The van der Waals surface area contributed by atoms with Crippen molar-refractivity contribution in [3.8, 4) is 11.4 Å². The number of fused-ring (bicyclic) bond motifs is 1. The Morgan fingerprint density at radius 2 is 1.69 bits per heavy atom. The van der Waals surface area contributed by atoms with Gasteiger partial charge in [-0.1, -0.05) is 44.2 Å². The molecule has 1 heterocycles. The fraction of sp³-hybridized carbons (Fsp3) is 0.174. The molecule has 4 aromatic rings. The lowest BCUT2D eigenvalue weighted by Gasteiger charge is -2.09. The van der Waals surface area contributed by atoms with E-state index in [1.807, 2.05) is 66.7 Å². The first-order valence-electron chi connectivity index (χ1n) is 9.53. The lowest BCUT2D eigenvalue weighted by molar-refractivity contribution is -0.118. The molecule has 0 saturated heterocycles. The Morgan fingerprint density at radius 1 is 0.966 bits per heavy atom. The molecule has 0 saturated carbocycles. The number of anilines is 1. The topological polar surface area (TPSA) is 69.0 Å². The van der Waals surface area contributed by atoms with Gasteiger partial charge in [-0.2, -0.15) is 4.80 Å². The SMILES string of the molecule is CC(C)c1ccc(OCC(=O)Nc2ccc3nn(-c4ccccc4)nc3c2)cc1. The number of hydrogen-bond donors (Lipinski definition) is 1. The molecule has 0 fully saturated rings. The average molecular weight is 386 g/mol. The van der Waals surface area contributed by atoms with Gasteiger partial charge in [0.05, 0.1) is 5.69 Å². The number of rotatable bonds is 6. The predicted octanol–water partition coefficient (Wildman–Crippen LogP) is 4.56. The summed E-state index contributed by atoms with van der Waals surface area (Å²) in [6.45, 7) is 4.22. The molecule has 3 aromatic carbocycles. The van der Waals surface area contributed by atoms with Gasteiger partial charge in [0.2, 0.25) is 0 Å². The lowest BCUT2D eigenvalue weighted by Crippen LogP contribution is -2.20. The van der Waals surface area contributed by atoms with E-state index in [0.29, 0.717) is 22.9 Å². The van der Waals surface area contributed by atoms with Crippen LogP contribution in [0.15, 0.2) is 72.8 Å². The van der Waals surface area contributed by atoms with Gasteiger partial charge in [0, 0.05) is 5.69 Å². The van der Waals surface area contributed by atoms with E-state index in [1.165, 1.54) is 5.56 Å². The zero-order valence-electron chi connectivity index (χ0n) is 16.4. The molecular weight excluding hydrogens is 364 g/mol. The molecule has 0 unspecified atom stereocenters. The van der Waals surface area contributed by atoms with E-state index < -0.39 is 0 Å². The number of nitrogens with zero attached hydrogens (tertiary/aromatic N) is 3. The van der Waals surface area contributed by atoms with Gasteiger partial charge in [-0.05, 0) is 53.9 Å². The van der Waals surface area contributed by atoms with Crippen LogP contribution < -0.4 is 10.1 Å². The zero-order chi connectivity index (χ0) is 20.2. The van der Waals surface area contributed by atoms with E-state index in [9.17, 15) is 4.79 Å². The van der Waals surface area contributed by atoms with Crippen molar-refractivity contribution in [3.05, 3.63) is 78.4 Å². The van der Waals surface area contributed by atoms with Crippen LogP contribution in [-0.2, 0) is 4.79 Å². The highest BCUT2D eigenvalue weighted by Crippen LogP contribution is 2.19. The predicted molar refractivity (Wildman–Crippen MR) is 114 cm³/mol. The number of carbonyl (C=O) groups excluding carboxylic acids is 1. The van der Waals surface area contributed by atoms with Crippen LogP contribution in [0.2, 0.25) is 0 Å². The lowest BCUT2D eigenvalue weighted by atomic mass is 10.0. The van der Waals surface area contributed by atoms with Crippen molar-refractivity contribution in [2.24, 2.45) is 0 Å². The van der Waals surface area contributed by atoms with E-state index in [-0.39, 0.29) is 12.5 Å². The van der Waals surface area contributed by atoms with E-state index in [0.717, 1.165) is 11.2 Å². The summed E-state index contributed by atoms with van der Waals surface area (Å²) in [7, 11) is 0. The minimum atomic E-state index is -0.229. The number of amides is 1. The molecule has 4 rings (SSSR count). The number of para-hydroxylation sites is 1. The van der Waals surface area contributed by atoms with Gasteiger partial charge < -0.3 is 10.1 Å².